The second kappa shape index (κ2) is 7.41. The van der Waals surface area contributed by atoms with Crippen LogP contribution in [0.2, 0.25) is 0 Å². The Labute approximate surface area is 193 Å². The Bertz CT molecular complexity index is 1650. The van der Waals surface area contributed by atoms with Crippen molar-refractivity contribution in [3.63, 3.8) is 0 Å². The predicted octanol–water partition coefficient (Wildman–Crippen LogP) is 8.10. The molecule has 6 rings (SSSR count). The summed E-state index contributed by atoms with van der Waals surface area (Å²) in [5.74, 6) is 0.843. The van der Waals surface area contributed by atoms with Crippen LogP contribution in [0.15, 0.2) is 79.1 Å². The van der Waals surface area contributed by atoms with Crippen LogP contribution in [0.3, 0.4) is 0 Å². The molecule has 3 heteroatoms. The zero-order valence-electron chi connectivity index (χ0n) is 19.5. The second-order valence-corrected chi connectivity index (χ2v) is 9.55. The molecular weight excluding hydrogens is 402 g/mol. The van der Waals surface area contributed by atoms with Crippen molar-refractivity contribution in [1.29, 1.82) is 0 Å². The Morgan fingerprint density at radius 2 is 1.45 bits per heavy atom. The molecule has 0 N–H and O–H groups in total. The van der Waals surface area contributed by atoms with Gasteiger partial charge in [0.2, 0.25) is 0 Å². The van der Waals surface area contributed by atoms with E-state index in [1.54, 1.807) is 0 Å². The fourth-order valence-corrected chi connectivity index (χ4v) is 5.16. The van der Waals surface area contributed by atoms with Crippen molar-refractivity contribution in [2.75, 3.05) is 0 Å². The van der Waals surface area contributed by atoms with Gasteiger partial charge in [-0.3, -0.25) is 9.38 Å². The van der Waals surface area contributed by atoms with Gasteiger partial charge in [0.05, 0.1) is 16.7 Å². The van der Waals surface area contributed by atoms with Gasteiger partial charge in [-0.15, -0.1) is 0 Å². The first-order valence-electron chi connectivity index (χ1n) is 11.7. The highest BCUT2D eigenvalue weighted by Crippen LogP contribution is 2.38. The molecule has 0 fully saturated rings. The summed E-state index contributed by atoms with van der Waals surface area (Å²) in [6.45, 7) is 9.06. The number of hydrogen-bond donors (Lipinski definition) is 0. The number of aromatic nitrogens is 3. The molecule has 0 aliphatic carbocycles. The summed E-state index contributed by atoms with van der Waals surface area (Å²) in [7, 11) is 0. The summed E-state index contributed by atoms with van der Waals surface area (Å²) in [5, 5.41) is 4.78. The minimum atomic E-state index is 0.421. The quantitative estimate of drug-likeness (QED) is 0.210. The molecule has 0 saturated carbocycles. The van der Waals surface area contributed by atoms with E-state index >= 15 is 0 Å². The molecule has 0 aliphatic heterocycles. The summed E-state index contributed by atoms with van der Waals surface area (Å²) < 4.78 is 2.27. The van der Waals surface area contributed by atoms with E-state index in [0.717, 1.165) is 27.8 Å². The van der Waals surface area contributed by atoms with Gasteiger partial charge in [-0.05, 0) is 46.5 Å². The molecule has 0 unspecified atom stereocenters. The lowest BCUT2D eigenvalue weighted by atomic mass is 9.87. The number of hydrogen-bond acceptors (Lipinski definition) is 2. The molecular formula is C30H27N3. The van der Waals surface area contributed by atoms with E-state index in [2.05, 4.69) is 104 Å². The van der Waals surface area contributed by atoms with Crippen LogP contribution in [0.1, 0.15) is 50.7 Å². The van der Waals surface area contributed by atoms with Gasteiger partial charge in [-0.2, -0.15) is 0 Å². The van der Waals surface area contributed by atoms with Crippen molar-refractivity contribution < 1.29 is 0 Å². The predicted molar refractivity (Wildman–Crippen MR) is 139 cm³/mol. The van der Waals surface area contributed by atoms with Crippen molar-refractivity contribution >= 4 is 38.2 Å². The summed E-state index contributed by atoms with van der Waals surface area (Å²) >= 11 is 0. The van der Waals surface area contributed by atoms with E-state index in [1.807, 2.05) is 12.3 Å². The lowest BCUT2D eigenvalue weighted by molar-refractivity contribution is 0.837. The van der Waals surface area contributed by atoms with Gasteiger partial charge in [-0.1, -0.05) is 76.2 Å². The Morgan fingerprint density at radius 1 is 0.727 bits per heavy atom. The third-order valence-corrected chi connectivity index (χ3v) is 6.77. The van der Waals surface area contributed by atoms with Crippen LogP contribution in [0.4, 0.5) is 0 Å². The largest absolute Gasteiger partial charge is 0.298 e. The van der Waals surface area contributed by atoms with Gasteiger partial charge < -0.3 is 0 Å². The summed E-state index contributed by atoms with van der Waals surface area (Å²) in [5.41, 5.74) is 8.17. The Balaban J connectivity index is 1.78. The third-order valence-electron chi connectivity index (χ3n) is 6.77. The van der Waals surface area contributed by atoms with Crippen molar-refractivity contribution in [3.05, 3.63) is 90.3 Å². The second-order valence-electron chi connectivity index (χ2n) is 9.55. The van der Waals surface area contributed by atoms with E-state index in [-0.39, 0.29) is 0 Å². The molecule has 0 saturated heterocycles. The van der Waals surface area contributed by atoms with Gasteiger partial charge in [0.25, 0.3) is 0 Å². The fraction of sp³-hybridized carbons (Fsp3) is 0.200. The van der Waals surface area contributed by atoms with Crippen LogP contribution in [0.5, 0.6) is 0 Å². The number of benzene rings is 3. The molecule has 0 atom stereocenters. The van der Waals surface area contributed by atoms with Crippen LogP contribution in [-0.4, -0.2) is 14.4 Å². The van der Waals surface area contributed by atoms with Crippen molar-refractivity contribution in [3.8, 4) is 11.3 Å². The SMILES string of the molecule is CC(C)c1cccc(C(C)C)c1-c1cn2c3cc4ncccc4cc3c3ccccc3c2n1. The maximum atomic E-state index is 5.27. The van der Waals surface area contributed by atoms with Crippen LogP contribution in [-0.2, 0) is 0 Å². The Hall–Kier alpha value is -3.72. The Kier molecular flexibility index (Phi) is 4.48. The molecule has 6 aromatic rings. The maximum absolute atomic E-state index is 5.27. The molecule has 3 aromatic heterocycles. The molecule has 162 valence electrons. The molecule has 3 heterocycles. The van der Waals surface area contributed by atoms with Crippen molar-refractivity contribution in [1.82, 2.24) is 14.4 Å². The molecule has 3 nitrogen and oxygen atoms in total. The normalized spacial score (nSPS) is 12.2. The number of fused-ring (bicyclic) bond motifs is 7. The molecule has 0 bridgehead atoms. The minimum Gasteiger partial charge on any atom is -0.298 e. The Morgan fingerprint density at radius 3 is 2.18 bits per heavy atom. The standard InChI is InChI=1S/C30H27N3/c1-18(2)21-12-7-13-22(19(3)4)29(21)27-17-33-28-16-26-20(9-8-14-31-26)15-25(28)23-10-5-6-11-24(23)30(33)32-27/h5-19H,1-4H3. The molecule has 0 amide bonds. The topological polar surface area (TPSA) is 30.2 Å². The highest BCUT2D eigenvalue weighted by atomic mass is 15.0. The third kappa shape index (κ3) is 3.03. The number of imidazole rings is 1. The van der Waals surface area contributed by atoms with Crippen LogP contribution < -0.4 is 0 Å². The summed E-state index contributed by atoms with van der Waals surface area (Å²) in [6, 6.07) is 23.9. The summed E-state index contributed by atoms with van der Waals surface area (Å²) in [4.78, 5) is 9.89. The highest BCUT2D eigenvalue weighted by molar-refractivity contribution is 6.14. The number of rotatable bonds is 3. The first kappa shape index (κ1) is 19.9. The lowest BCUT2D eigenvalue weighted by Crippen LogP contribution is -1.99. The van der Waals surface area contributed by atoms with Crippen LogP contribution in [0, 0.1) is 0 Å². The monoisotopic (exact) mass is 429 g/mol. The zero-order chi connectivity index (χ0) is 22.7. The average Bonchev–Trinajstić information content (AvgIpc) is 3.28. The molecule has 0 radical (unpaired) electrons. The smallest absolute Gasteiger partial charge is 0.145 e. The minimum absolute atomic E-state index is 0.421. The van der Waals surface area contributed by atoms with Gasteiger partial charge in [0.1, 0.15) is 5.65 Å². The summed E-state index contributed by atoms with van der Waals surface area (Å²) in [6.07, 6.45) is 4.09. The highest BCUT2D eigenvalue weighted by Gasteiger charge is 2.20. The number of nitrogens with zero attached hydrogens (tertiary/aromatic N) is 3. The first-order valence-corrected chi connectivity index (χ1v) is 11.7. The first-order chi connectivity index (χ1) is 16.0. The van der Waals surface area contributed by atoms with E-state index < -0.39 is 0 Å². The van der Waals surface area contributed by atoms with Gasteiger partial charge >= 0.3 is 0 Å². The van der Waals surface area contributed by atoms with Crippen molar-refractivity contribution in [2.45, 2.75) is 39.5 Å². The molecule has 33 heavy (non-hydrogen) atoms. The lowest BCUT2D eigenvalue weighted by Gasteiger charge is -2.18. The maximum Gasteiger partial charge on any atom is 0.145 e. The van der Waals surface area contributed by atoms with Gasteiger partial charge in [0.15, 0.2) is 0 Å². The van der Waals surface area contributed by atoms with Crippen LogP contribution >= 0.6 is 0 Å². The molecule has 0 spiro atoms. The van der Waals surface area contributed by atoms with E-state index in [9.17, 15) is 0 Å². The van der Waals surface area contributed by atoms with E-state index in [4.69, 9.17) is 4.98 Å². The molecule has 3 aromatic carbocycles. The van der Waals surface area contributed by atoms with Crippen LogP contribution in [0.25, 0.3) is 49.5 Å². The van der Waals surface area contributed by atoms with E-state index in [0.29, 0.717) is 11.8 Å². The fourth-order valence-electron chi connectivity index (χ4n) is 5.16. The molecule has 0 aliphatic rings. The van der Waals surface area contributed by atoms with E-state index in [1.165, 1.54) is 32.8 Å². The zero-order valence-corrected chi connectivity index (χ0v) is 19.5. The van der Waals surface area contributed by atoms with Crippen molar-refractivity contribution in [2.24, 2.45) is 0 Å². The average molecular weight is 430 g/mol. The number of pyridine rings is 2. The van der Waals surface area contributed by atoms with Gasteiger partial charge in [-0.25, -0.2) is 4.98 Å². The van der Waals surface area contributed by atoms with Gasteiger partial charge in [0, 0.05) is 34.1 Å².